The zero-order valence-corrected chi connectivity index (χ0v) is 15.0. The largest absolute Gasteiger partial charge is 0.121 e. The Morgan fingerprint density at radius 1 is 0.609 bits per heavy atom. The third-order valence-corrected chi connectivity index (χ3v) is 5.70. The smallest absolute Gasteiger partial charge is 0.0412 e. The summed E-state index contributed by atoms with van der Waals surface area (Å²) in [6, 6.07) is 27.3. The fraction of sp³-hybridized carbons (Fsp3) is 0.100. The first-order valence-corrected chi connectivity index (χ1v) is 9.78. The van der Waals surface area contributed by atoms with Crippen LogP contribution in [0.15, 0.2) is 88.7 Å². The average molecular weight is 357 g/mol. The van der Waals surface area contributed by atoms with Gasteiger partial charge in [0.2, 0.25) is 0 Å². The van der Waals surface area contributed by atoms with E-state index < -0.39 is 0 Å². The van der Waals surface area contributed by atoms with Gasteiger partial charge in [0, 0.05) is 26.3 Å². The zero-order valence-electron chi connectivity index (χ0n) is 12.6. The minimum absolute atomic E-state index is 0.819. The molecule has 0 heterocycles. The Balaban J connectivity index is 1.64. The third-order valence-electron chi connectivity index (χ3n) is 3.31. The maximum Gasteiger partial charge on any atom is 0.0412 e. The lowest BCUT2D eigenvalue weighted by molar-refractivity contribution is 1.31. The highest BCUT2D eigenvalue weighted by molar-refractivity contribution is 7.98. The second-order valence-electron chi connectivity index (χ2n) is 5.17. The van der Waals surface area contributed by atoms with Crippen LogP contribution in [0.1, 0.15) is 11.1 Å². The molecule has 0 spiro atoms. The van der Waals surface area contributed by atoms with Crippen LogP contribution in [0.3, 0.4) is 0 Å². The predicted molar refractivity (Wildman–Crippen MR) is 103 cm³/mol. The molecule has 0 atom stereocenters. The molecule has 0 amide bonds. The fourth-order valence-corrected chi connectivity index (χ4v) is 4.23. The number of benzene rings is 3. The molecule has 23 heavy (non-hydrogen) atoms. The van der Waals surface area contributed by atoms with Crippen LogP contribution in [0, 0.1) is 0 Å². The van der Waals surface area contributed by atoms with E-state index in [1.807, 2.05) is 35.7 Å². The Bertz CT molecular complexity index is 680. The standard InChI is InChI=1S/C20H17ClS2/c21-18-12-16(14-22-19-7-3-1-4-8-19)11-17(13-18)15-23-20-9-5-2-6-10-20/h1-13H,14-15H2. The first-order valence-electron chi connectivity index (χ1n) is 7.44. The number of hydrogen-bond donors (Lipinski definition) is 0. The van der Waals surface area contributed by atoms with Gasteiger partial charge in [-0.1, -0.05) is 54.1 Å². The molecular weight excluding hydrogens is 340 g/mol. The Morgan fingerprint density at radius 2 is 1.04 bits per heavy atom. The van der Waals surface area contributed by atoms with Gasteiger partial charge in [-0.15, -0.1) is 23.5 Å². The van der Waals surface area contributed by atoms with Gasteiger partial charge >= 0.3 is 0 Å². The summed E-state index contributed by atoms with van der Waals surface area (Å²) in [6.45, 7) is 0. The molecule has 0 saturated carbocycles. The van der Waals surface area contributed by atoms with Crippen molar-refractivity contribution in [3.8, 4) is 0 Å². The zero-order chi connectivity index (χ0) is 15.9. The van der Waals surface area contributed by atoms with E-state index in [1.165, 1.54) is 20.9 Å². The van der Waals surface area contributed by atoms with Crippen molar-refractivity contribution < 1.29 is 0 Å². The van der Waals surface area contributed by atoms with Crippen LogP contribution in [0.2, 0.25) is 5.02 Å². The first-order chi connectivity index (χ1) is 11.3. The van der Waals surface area contributed by atoms with Crippen molar-refractivity contribution in [2.45, 2.75) is 21.3 Å². The molecular formula is C20H17ClS2. The molecule has 0 N–H and O–H groups in total. The molecule has 0 saturated heterocycles. The topological polar surface area (TPSA) is 0 Å². The summed E-state index contributed by atoms with van der Waals surface area (Å²) in [5.41, 5.74) is 2.55. The monoisotopic (exact) mass is 356 g/mol. The van der Waals surface area contributed by atoms with Crippen LogP contribution in [0.5, 0.6) is 0 Å². The molecule has 0 radical (unpaired) electrons. The van der Waals surface area contributed by atoms with E-state index in [9.17, 15) is 0 Å². The molecule has 0 bridgehead atoms. The van der Waals surface area contributed by atoms with Gasteiger partial charge in [-0.05, 0) is 47.5 Å². The Hall–Kier alpha value is -1.35. The molecule has 0 aliphatic heterocycles. The molecule has 116 valence electrons. The Labute approximate surface area is 151 Å². The summed E-state index contributed by atoms with van der Waals surface area (Å²) in [4.78, 5) is 2.57. The van der Waals surface area contributed by atoms with Crippen LogP contribution >= 0.6 is 35.1 Å². The number of hydrogen-bond acceptors (Lipinski definition) is 2. The molecule has 3 heteroatoms. The van der Waals surface area contributed by atoms with Crippen LogP contribution in [0.4, 0.5) is 0 Å². The second kappa shape index (κ2) is 8.49. The lowest BCUT2D eigenvalue weighted by atomic mass is 10.2. The minimum atomic E-state index is 0.819. The third kappa shape index (κ3) is 5.35. The highest BCUT2D eigenvalue weighted by Crippen LogP contribution is 2.28. The normalized spacial score (nSPS) is 10.7. The second-order valence-corrected chi connectivity index (χ2v) is 7.71. The van der Waals surface area contributed by atoms with Gasteiger partial charge in [0.05, 0.1) is 0 Å². The molecule has 0 fully saturated rings. The van der Waals surface area contributed by atoms with Gasteiger partial charge in [-0.2, -0.15) is 0 Å². The van der Waals surface area contributed by atoms with Crippen molar-refractivity contribution in [2.24, 2.45) is 0 Å². The minimum Gasteiger partial charge on any atom is -0.121 e. The number of thioether (sulfide) groups is 2. The van der Waals surface area contributed by atoms with E-state index >= 15 is 0 Å². The Morgan fingerprint density at radius 3 is 1.48 bits per heavy atom. The molecule has 3 rings (SSSR count). The van der Waals surface area contributed by atoms with Crippen LogP contribution < -0.4 is 0 Å². The quantitative estimate of drug-likeness (QED) is 0.439. The summed E-state index contributed by atoms with van der Waals surface area (Å²) < 4.78 is 0. The first kappa shape index (κ1) is 16.5. The van der Waals surface area contributed by atoms with Crippen molar-refractivity contribution in [1.82, 2.24) is 0 Å². The number of halogens is 1. The van der Waals surface area contributed by atoms with E-state index in [1.54, 1.807) is 0 Å². The average Bonchev–Trinajstić information content (AvgIpc) is 2.60. The summed E-state index contributed by atoms with van der Waals surface area (Å²) in [5.74, 6) is 1.88. The van der Waals surface area contributed by atoms with Crippen molar-refractivity contribution in [3.63, 3.8) is 0 Å². The summed E-state index contributed by atoms with van der Waals surface area (Å²) in [7, 11) is 0. The van der Waals surface area contributed by atoms with Crippen molar-refractivity contribution >= 4 is 35.1 Å². The van der Waals surface area contributed by atoms with E-state index in [2.05, 4.69) is 66.7 Å². The maximum atomic E-state index is 6.29. The summed E-state index contributed by atoms with van der Waals surface area (Å²) in [6.07, 6.45) is 0. The van der Waals surface area contributed by atoms with E-state index in [0.717, 1.165) is 16.5 Å². The predicted octanol–water partition coefficient (Wildman–Crippen LogP) is 6.92. The number of rotatable bonds is 6. The molecule has 3 aromatic carbocycles. The fourth-order valence-electron chi connectivity index (χ4n) is 2.25. The lowest BCUT2D eigenvalue weighted by Crippen LogP contribution is -1.87. The Kier molecular flexibility index (Phi) is 6.09. The van der Waals surface area contributed by atoms with Gasteiger partial charge in [0.25, 0.3) is 0 Å². The van der Waals surface area contributed by atoms with E-state index in [0.29, 0.717) is 0 Å². The van der Waals surface area contributed by atoms with Gasteiger partial charge in [0.1, 0.15) is 0 Å². The van der Waals surface area contributed by atoms with Crippen molar-refractivity contribution in [3.05, 3.63) is 95.0 Å². The van der Waals surface area contributed by atoms with Gasteiger partial charge in [0.15, 0.2) is 0 Å². The highest BCUT2D eigenvalue weighted by atomic mass is 35.5. The van der Waals surface area contributed by atoms with Gasteiger partial charge in [-0.25, -0.2) is 0 Å². The summed E-state index contributed by atoms with van der Waals surface area (Å²) in [5, 5.41) is 0.819. The van der Waals surface area contributed by atoms with Crippen LogP contribution in [-0.2, 0) is 11.5 Å². The summed E-state index contributed by atoms with van der Waals surface area (Å²) >= 11 is 9.97. The molecule has 3 aromatic rings. The molecule has 0 aliphatic carbocycles. The van der Waals surface area contributed by atoms with E-state index in [-0.39, 0.29) is 0 Å². The van der Waals surface area contributed by atoms with Crippen LogP contribution in [-0.4, -0.2) is 0 Å². The van der Waals surface area contributed by atoms with E-state index in [4.69, 9.17) is 11.6 Å². The van der Waals surface area contributed by atoms with Crippen molar-refractivity contribution in [1.29, 1.82) is 0 Å². The van der Waals surface area contributed by atoms with Gasteiger partial charge < -0.3 is 0 Å². The van der Waals surface area contributed by atoms with Crippen molar-refractivity contribution in [2.75, 3.05) is 0 Å². The van der Waals surface area contributed by atoms with Gasteiger partial charge in [-0.3, -0.25) is 0 Å². The molecule has 0 aliphatic rings. The molecule has 0 unspecified atom stereocenters. The molecule has 0 nitrogen and oxygen atoms in total. The lowest BCUT2D eigenvalue weighted by Gasteiger charge is -2.07. The maximum absolute atomic E-state index is 6.29. The highest BCUT2D eigenvalue weighted by Gasteiger charge is 2.03. The SMILES string of the molecule is Clc1cc(CSc2ccccc2)cc(CSc2ccccc2)c1. The molecule has 0 aromatic heterocycles. The van der Waals surface area contributed by atoms with Crippen LogP contribution in [0.25, 0.3) is 0 Å².